The minimum absolute atomic E-state index is 0.0456. The molecule has 2 rings (SSSR count). The van der Waals surface area contributed by atoms with Crippen molar-refractivity contribution in [2.45, 2.75) is 72.8 Å². The Bertz CT molecular complexity index is 860. The van der Waals surface area contributed by atoms with E-state index in [4.69, 9.17) is 18.6 Å². The summed E-state index contributed by atoms with van der Waals surface area (Å²) in [7, 11) is 12.4. The van der Waals surface area contributed by atoms with E-state index < -0.39 is 17.0 Å². The molecule has 0 saturated carbocycles. The van der Waals surface area contributed by atoms with Crippen molar-refractivity contribution in [1.82, 2.24) is 4.90 Å². The Morgan fingerprint density at radius 3 is 2.10 bits per heavy atom. The number of hydrogen-bond donors (Lipinski definition) is 1. The van der Waals surface area contributed by atoms with Gasteiger partial charge in [-0.15, -0.1) is 0 Å². The molecule has 6 heteroatoms. The molecule has 0 aliphatic heterocycles. The summed E-state index contributed by atoms with van der Waals surface area (Å²) in [4.78, 5) is 2.33. The van der Waals surface area contributed by atoms with Crippen LogP contribution in [0.3, 0.4) is 0 Å². The van der Waals surface area contributed by atoms with Gasteiger partial charge in [0.15, 0.2) is 0 Å². The third kappa shape index (κ3) is 8.65. The standard InChI is InChI=1S/C25H38NOP.2ClH.Ti/c1-10-26(9)16-18-13-11-12-17(2)23(18)28-21-15-19(24(3,4)5)14-20(22(21)27)25(6,7)8;;;/h11-15,27-28H,10,16H2,1-9H3;2*1H;/q;;;+2/p-2. The molecule has 0 aliphatic carbocycles. The van der Waals surface area contributed by atoms with Crippen LogP contribution in [0.4, 0.5) is 0 Å². The molecule has 0 heterocycles. The van der Waals surface area contributed by atoms with E-state index >= 15 is 0 Å². The van der Waals surface area contributed by atoms with E-state index in [-0.39, 0.29) is 10.8 Å². The van der Waals surface area contributed by atoms with Crippen LogP contribution in [0.2, 0.25) is 0 Å². The third-order valence-corrected chi connectivity index (χ3v) is 7.00. The summed E-state index contributed by atoms with van der Waals surface area (Å²) >= 11 is -0.556. The SMILES string of the molecule is CCN(C)Cc1cccc(C)c1Pc1cc(C(C)(C)C)cc(C(C)(C)C)c1O.[Cl][Ti][Cl]. The van der Waals surface area contributed by atoms with E-state index in [0.29, 0.717) is 14.3 Å². The van der Waals surface area contributed by atoms with Crippen molar-refractivity contribution < 1.29 is 22.1 Å². The molecule has 172 valence electrons. The fourth-order valence-corrected chi connectivity index (χ4v) is 4.66. The molecular formula is C25H38Cl2NOPTi. The number of rotatable bonds is 5. The fourth-order valence-electron chi connectivity index (χ4n) is 3.31. The number of nitrogens with zero attached hydrogens (tertiary/aromatic N) is 1. The predicted octanol–water partition coefficient (Wildman–Crippen LogP) is 6.75. The first kappa shape index (κ1) is 29.0. The quantitative estimate of drug-likeness (QED) is 0.350. The Labute approximate surface area is 208 Å². The van der Waals surface area contributed by atoms with Gasteiger partial charge in [0.05, 0.1) is 0 Å². The average Bonchev–Trinajstić information content (AvgIpc) is 2.64. The van der Waals surface area contributed by atoms with Gasteiger partial charge in [0.25, 0.3) is 0 Å². The molecule has 0 amide bonds. The normalized spacial score (nSPS) is 12.3. The fraction of sp³-hybridized carbons (Fsp3) is 0.520. The number of phenols is 1. The molecule has 0 aromatic heterocycles. The third-order valence-electron chi connectivity index (χ3n) is 5.38. The molecule has 1 unspecified atom stereocenters. The summed E-state index contributed by atoms with van der Waals surface area (Å²) in [6, 6.07) is 11.0. The Morgan fingerprint density at radius 2 is 1.61 bits per heavy atom. The molecule has 2 aromatic carbocycles. The van der Waals surface area contributed by atoms with Gasteiger partial charge in [-0.3, -0.25) is 0 Å². The van der Waals surface area contributed by atoms with Crippen molar-refractivity contribution in [2.24, 2.45) is 0 Å². The van der Waals surface area contributed by atoms with E-state index in [1.807, 2.05) is 0 Å². The van der Waals surface area contributed by atoms with Crippen LogP contribution in [0.15, 0.2) is 30.3 Å². The molecule has 0 radical (unpaired) electrons. The van der Waals surface area contributed by atoms with Crippen LogP contribution in [0.1, 0.15) is 70.7 Å². The van der Waals surface area contributed by atoms with Gasteiger partial charge < -0.3 is 10.0 Å². The Hall–Kier alpha value is -0.0757. The van der Waals surface area contributed by atoms with Crippen LogP contribution < -0.4 is 10.6 Å². The van der Waals surface area contributed by atoms with Gasteiger partial charge in [0.2, 0.25) is 0 Å². The minimum atomic E-state index is -0.556. The molecule has 0 spiro atoms. The monoisotopic (exact) mass is 517 g/mol. The second kappa shape index (κ2) is 12.4. The van der Waals surface area contributed by atoms with Gasteiger partial charge in [0, 0.05) is 17.4 Å². The maximum absolute atomic E-state index is 11.2. The first-order chi connectivity index (χ1) is 14.3. The Kier molecular flexibility index (Phi) is 11.6. The predicted molar refractivity (Wildman–Crippen MR) is 138 cm³/mol. The van der Waals surface area contributed by atoms with E-state index in [9.17, 15) is 5.11 Å². The van der Waals surface area contributed by atoms with Crippen molar-refractivity contribution in [3.8, 4) is 5.75 Å². The van der Waals surface area contributed by atoms with Gasteiger partial charge in [-0.05, 0) is 59.4 Å². The number of hydrogen-bond acceptors (Lipinski definition) is 2. The van der Waals surface area contributed by atoms with Gasteiger partial charge >= 0.3 is 35.6 Å². The molecule has 0 aliphatic rings. The van der Waals surface area contributed by atoms with E-state index in [1.165, 1.54) is 22.0 Å². The molecular weight excluding hydrogens is 480 g/mol. The maximum atomic E-state index is 11.2. The molecule has 1 atom stereocenters. The molecule has 0 saturated heterocycles. The summed E-state index contributed by atoms with van der Waals surface area (Å²) in [5, 5.41) is 13.6. The molecule has 2 nitrogen and oxygen atoms in total. The van der Waals surface area contributed by atoms with Gasteiger partial charge in [-0.2, -0.15) is 0 Å². The van der Waals surface area contributed by atoms with Crippen molar-refractivity contribution >= 4 is 37.8 Å². The molecule has 0 bridgehead atoms. The topological polar surface area (TPSA) is 23.5 Å². The Morgan fingerprint density at radius 1 is 1.03 bits per heavy atom. The van der Waals surface area contributed by atoms with Crippen LogP contribution in [0.5, 0.6) is 5.75 Å². The zero-order chi connectivity index (χ0) is 24.0. The summed E-state index contributed by atoms with van der Waals surface area (Å²) in [6.07, 6.45) is 0. The van der Waals surface area contributed by atoms with E-state index in [0.717, 1.165) is 24.0 Å². The summed E-state index contributed by atoms with van der Waals surface area (Å²) < 4.78 is 0. The summed E-state index contributed by atoms with van der Waals surface area (Å²) in [5.74, 6) is 0.469. The first-order valence-corrected chi connectivity index (χ1v) is 15.9. The second-order valence-electron chi connectivity index (χ2n) is 10.1. The summed E-state index contributed by atoms with van der Waals surface area (Å²) in [6.45, 7) is 19.6. The van der Waals surface area contributed by atoms with Gasteiger partial charge in [-0.25, -0.2) is 0 Å². The van der Waals surface area contributed by atoms with Crippen molar-refractivity contribution in [1.29, 1.82) is 0 Å². The van der Waals surface area contributed by atoms with Crippen LogP contribution in [0.25, 0.3) is 0 Å². The van der Waals surface area contributed by atoms with Crippen LogP contribution in [-0.4, -0.2) is 23.6 Å². The first-order valence-electron chi connectivity index (χ1n) is 10.6. The van der Waals surface area contributed by atoms with Crippen molar-refractivity contribution in [3.05, 3.63) is 52.6 Å². The molecule has 31 heavy (non-hydrogen) atoms. The van der Waals surface area contributed by atoms with Gasteiger partial charge in [0.1, 0.15) is 5.75 Å². The number of benzene rings is 2. The van der Waals surface area contributed by atoms with Crippen LogP contribution in [-0.2, 0) is 34.4 Å². The van der Waals surface area contributed by atoms with Gasteiger partial charge in [-0.1, -0.05) is 81.3 Å². The van der Waals surface area contributed by atoms with Crippen LogP contribution in [0, 0.1) is 6.92 Å². The number of phenolic OH excluding ortho intramolecular Hbond substituents is 1. The van der Waals surface area contributed by atoms with E-state index in [2.05, 4.69) is 97.7 Å². The molecule has 1 N–H and O–H groups in total. The summed E-state index contributed by atoms with van der Waals surface area (Å²) in [5.41, 5.74) is 4.95. The average molecular weight is 518 g/mol. The zero-order valence-corrected chi connectivity index (χ0v) is 24.5. The van der Waals surface area contributed by atoms with Crippen molar-refractivity contribution in [2.75, 3.05) is 13.6 Å². The number of halogens is 2. The Balaban J connectivity index is 0.00000151. The zero-order valence-electron chi connectivity index (χ0n) is 20.5. The van der Waals surface area contributed by atoms with Crippen molar-refractivity contribution in [3.63, 3.8) is 0 Å². The number of aryl methyl sites for hydroxylation is 1. The number of aromatic hydroxyl groups is 1. The second-order valence-corrected chi connectivity index (χ2v) is 13.9. The van der Waals surface area contributed by atoms with E-state index in [1.54, 1.807) is 0 Å². The van der Waals surface area contributed by atoms with Crippen LogP contribution >= 0.6 is 27.2 Å². The molecule has 2 aromatic rings. The molecule has 0 fully saturated rings.